The molecule has 34 heavy (non-hydrogen) atoms. The summed E-state index contributed by atoms with van der Waals surface area (Å²) in [5.74, 6) is -0.233. The second-order valence-electron chi connectivity index (χ2n) is 8.45. The number of nitrogens with zero attached hydrogens (tertiary/aromatic N) is 4. The van der Waals surface area contributed by atoms with Crippen molar-refractivity contribution in [3.05, 3.63) is 70.0 Å². The van der Waals surface area contributed by atoms with Gasteiger partial charge in [-0.05, 0) is 73.7 Å². The average Bonchev–Trinajstić information content (AvgIpc) is 3.27. The third-order valence-corrected chi connectivity index (χ3v) is 6.82. The number of aryl methyl sites for hydroxylation is 1. The maximum absolute atomic E-state index is 13.4. The predicted octanol–water partition coefficient (Wildman–Crippen LogP) is 3.87. The number of hydrogen-bond acceptors (Lipinski definition) is 7. The number of carbonyl (C=O) groups excluding carboxylic acids is 2. The molecule has 3 heterocycles. The van der Waals surface area contributed by atoms with Crippen molar-refractivity contribution >= 4 is 29.0 Å². The Morgan fingerprint density at radius 2 is 1.97 bits per heavy atom. The van der Waals surface area contributed by atoms with Crippen LogP contribution < -0.4 is 15.5 Å². The van der Waals surface area contributed by atoms with E-state index in [1.54, 1.807) is 30.6 Å². The molecule has 4 rings (SSSR count). The molecule has 0 unspecified atom stereocenters. The van der Waals surface area contributed by atoms with E-state index in [1.165, 1.54) is 18.0 Å². The topological polar surface area (TPSA) is 100 Å². The molecule has 0 spiro atoms. The van der Waals surface area contributed by atoms with Gasteiger partial charge in [-0.2, -0.15) is 0 Å². The third-order valence-electron chi connectivity index (χ3n) is 5.99. The summed E-state index contributed by atoms with van der Waals surface area (Å²) in [6, 6.07) is 9.15. The molecular formula is C25H30N6O2S. The highest BCUT2D eigenvalue weighted by atomic mass is 32.1. The van der Waals surface area contributed by atoms with Crippen molar-refractivity contribution in [2.75, 3.05) is 18.0 Å². The summed E-state index contributed by atoms with van der Waals surface area (Å²) in [5.41, 5.74) is 3.72. The molecule has 1 aromatic carbocycles. The van der Waals surface area contributed by atoms with Gasteiger partial charge in [0.1, 0.15) is 0 Å². The summed E-state index contributed by atoms with van der Waals surface area (Å²) in [4.78, 5) is 33.2. The lowest BCUT2D eigenvalue weighted by Gasteiger charge is -2.26. The lowest BCUT2D eigenvalue weighted by molar-refractivity contribution is 0.0950. The minimum absolute atomic E-state index is 0.0724. The Morgan fingerprint density at radius 3 is 2.76 bits per heavy atom. The molecule has 0 bridgehead atoms. The number of nitrogens with one attached hydrogen (secondary N) is 2. The van der Waals surface area contributed by atoms with Gasteiger partial charge in [-0.15, -0.1) is 5.10 Å². The lowest BCUT2D eigenvalue weighted by atomic mass is 10.0. The summed E-state index contributed by atoms with van der Waals surface area (Å²) in [5, 5.41) is 10.4. The van der Waals surface area contributed by atoms with Crippen LogP contribution in [0.5, 0.6) is 0 Å². The normalized spacial score (nSPS) is 15.0. The molecule has 0 fully saturated rings. The van der Waals surface area contributed by atoms with Crippen LogP contribution in [0.25, 0.3) is 0 Å². The van der Waals surface area contributed by atoms with E-state index in [9.17, 15) is 9.59 Å². The molecule has 2 aromatic heterocycles. The molecule has 0 saturated heterocycles. The Labute approximate surface area is 204 Å². The fourth-order valence-corrected chi connectivity index (χ4v) is 4.63. The summed E-state index contributed by atoms with van der Waals surface area (Å²) >= 11 is 1.29. The molecule has 2 N–H and O–H groups in total. The number of carbonyl (C=O) groups is 2. The Hall–Kier alpha value is -3.17. The number of anilines is 1. The number of rotatable bonds is 4. The molecule has 9 heteroatoms. The Balaban J connectivity index is 1.61. The van der Waals surface area contributed by atoms with Crippen molar-refractivity contribution in [1.29, 1.82) is 0 Å². The van der Waals surface area contributed by atoms with E-state index in [0.29, 0.717) is 30.8 Å². The van der Waals surface area contributed by atoms with Gasteiger partial charge in [0.15, 0.2) is 0 Å². The van der Waals surface area contributed by atoms with E-state index in [1.807, 2.05) is 24.0 Å². The Morgan fingerprint density at radius 1 is 1.12 bits per heavy atom. The molecule has 0 radical (unpaired) electrons. The second kappa shape index (κ2) is 11.8. The van der Waals surface area contributed by atoms with Crippen LogP contribution in [0, 0.1) is 6.92 Å². The van der Waals surface area contributed by atoms with Gasteiger partial charge >= 0.3 is 0 Å². The van der Waals surface area contributed by atoms with Crippen LogP contribution >= 0.6 is 11.5 Å². The summed E-state index contributed by atoms with van der Waals surface area (Å²) in [6.07, 6.45) is 8.74. The van der Waals surface area contributed by atoms with Gasteiger partial charge in [-0.3, -0.25) is 14.6 Å². The zero-order valence-corrected chi connectivity index (χ0v) is 20.2. The predicted molar refractivity (Wildman–Crippen MR) is 133 cm³/mol. The number of fused-ring (bicyclic) bond motifs is 1. The largest absolute Gasteiger partial charge is 0.347 e. The first kappa shape index (κ1) is 24.0. The van der Waals surface area contributed by atoms with Gasteiger partial charge in [0.2, 0.25) is 0 Å². The van der Waals surface area contributed by atoms with Crippen LogP contribution in [-0.4, -0.2) is 39.5 Å². The molecule has 0 atom stereocenters. The molecule has 1 aliphatic heterocycles. The third kappa shape index (κ3) is 6.03. The molecule has 0 saturated carbocycles. The monoisotopic (exact) mass is 478 g/mol. The van der Waals surface area contributed by atoms with E-state index in [-0.39, 0.29) is 11.8 Å². The van der Waals surface area contributed by atoms with Gasteiger partial charge in [0, 0.05) is 36.7 Å². The highest BCUT2D eigenvalue weighted by molar-refractivity contribution is 7.05. The standard InChI is InChI=1S/C25H30N6O2S/c1-18-23(34-30-29-18)17-28-24(32)19-9-10-22-21(14-19)16-26-11-5-3-2-4-6-13-31(22)25(33)20-8-7-12-27-15-20/h7-10,12,14-15,26H,2-6,11,13,16-17H2,1H3,(H,28,32). The number of aromatic nitrogens is 3. The van der Waals surface area contributed by atoms with Crippen molar-refractivity contribution < 1.29 is 9.59 Å². The van der Waals surface area contributed by atoms with E-state index in [0.717, 1.165) is 54.0 Å². The zero-order chi connectivity index (χ0) is 23.8. The number of benzene rings is 1. The zero-order valence-electron chi connectivity index (χ0n) is 19.4. The van der Waals surface area contributed by atoms with E-state index in [2.05, 4.69) is 25.2 Å². The van der Waals surface area contributed by atoms with Gasteiger partial charge in [-0.25, -0.2) is 0 Å². The number of pyridine rings is 1. The molecule has 178 valence electrons. The summed E-state index contributed by atoms with van der Waals surface area (Å²) in [7, 11) is 0. The molecule has 0 aliphatic carbocycles. The minimum atomic E-state index is -0.160. The summed E-state index contributed by atoms with van der Waals surface area (Å²) in [6.45, 7) is 4.40. The van der Waals surface area contributed by atoms with Gasteiger partial charge < -0.3 is 15.5 Å². The molecule has 8 nitrogen and oxygen atoms in total. The van der Waals surface area contributed by atoms with Gasteiger partial charge in [0.25, 0.3) is 11.8 Å². The smallest absolute Gasteiger partial charge is 0.259 e. The molecular weight excluding hydrogens is 448 g/mol. The van der Waals surface area contributed by atoms with Crippen LogP contribution in [0.3, 0.4) is 0 Å². The van der Waals surface area contributed by atoms with Crippen LogP contribution in [0.1, 0.15) is 69.0 Å². The first-order chi connectivity index (χ1) is 16.6. The van der Waals surface area contributed by atoms with E-state index in [4.69, 9.17) is 0 Å². The average molecular weight is 479 g/mol. The van der Waals surface area contributed by atoms with Crippen LogP contribution in [-0.2, 0) is 13.1 Å². The SMILES string of the molecule is Cc1nnsc1CNC(=O)c1ccc2c(c1)CNCCCCCCCN2C(=O)c1cccnc1. The molecule has 1 aliphatic rings. The van der Waals surface area contributed by atoms with Crippen LogP contribution in [0.4, 0.5) is 5.69 Å². The number of hydrogen-bond donors (Lipinski definition) is 2. The van der Waals surface area contributed by atoms with Crippen molar-refractivity contribution in [3.63, 3.8) is 0 Å². The molecule has 2 amide bonds. The Bertz CT molecular complexity index is 1120. The number of amides is 2. The minimum Gasteiger partial charge on any atom is -0.347 e. The van der Waals surface area contributed by atoms with Crippen LogP contribution in [0.15, 0.2) is 42.7 Å². The van der Waals surface area contributed by atoms with Gasteiger partial charge in [0.05, 0.1) is 22.7 Å². The fraction of sp³-hybridized carbons (Fsp3) is 0.400. The maximum Gasteiger partial charge on any atom is 0.259 e. The van der Waals surface area contributed by atoms with Crippen molar-refractivity contribution in [2.45, 2.75) is 52.1 Å². The Kier molecular flexibility index (Phi) is 8.32. The van der Waals surface area contributed by atoms with Gasteiger partial charge in [-0.1, -0.05) is 23.8 Å². The highest BCUT2D eigenvalue weighted by Gasteiger charge is 2.22. The first-order valence-electron chi connectivity index (χ1n) is 11.7. The van der Waals surface area contributed by atoms with Crippen molar-refractivity contribution in [2.24, 2.45) is 0 Å². The lowest BCUT2D eigenvalue weighted by Crippen LogP contribution is -2.34. The second-order valence-corrected chi connectivity index (χ2v) is 9.29. The summed E-state index contributed by atoms with van der Waals surface area (Å²) < 4.78 is 3.92. The fourth-order valence-electron chi connectivity index (χ4n) is 4.06. The first-order valence-corrected chi connectivity index (χ1v) is 12.5. The van der Waals surface area contributed by atoms with Crippen molar-refractivity contribution in [3.8, 4) is 0 Å². The van der Waals surface area contributed by atoms with Crippen molar-refractivity contribution in [1.82, 2.24) is 25.2 Å². The maximum atomic E-state index is 13.4. The van der Waals surface area contributed by atoms with E-state index < -0.39 is 0 Å². The highest BCUT2D eigenvalue weighted by Crippen LogP contribution is 2.26. The quantitative estimate of drug-likeness (QED) is 0.590. The molecule has 3 aromatic rings. The van der Waals surface area contributed by atoms with Crippen LogP contribution in [0.2, 0.25) is 0 Å². The van der Waals surface area contributed by atoms with E-state index >= 15 is 0 Å².